The number of ketones is 1. The van der Waals surface area contributed by atoms with Gasteiger partial charge >= 0.3 is 0 Å². The molecule has 0 aromatic heterocycles. The van der Waals surface area contributed by atoms with Crippen LogP contribution in [0.4, 0.5) is 0 Å². The van der Waals surface area contributed by atoms with E-state index in [0.717, 1.165) is 6.54 Å². The van der Waals surface area contributed by atoms with Crippen LogP contribution in [-0.4, -0.2) is 74.6 Å². The average Bonchev–Trinajstić information content (AvgIpc) is 3.09. The fourth-order valence-corrected chi connectivity index (χ4v) is 4.36. The zero-order valence-corrected chi connectivity index (χ0v) is 21.4. The van der Waals surface area contributed by atoms with Crippen molar-refractivity contribution in [3.05, 3.63) is 58.1 Å². The summed E-state index contributed by atoms with van der Waals surface area (Å²) in [5.74, 6) is -0.508. The highest BCUT2D eigenvalue weighted by Gasteiger charge is 2.46. The molecule has 0 bridgehead atoms. The number of methoxy groups -OCH3 is 2. The number of ether oxygens (including phenoxy) is 3. The fraction of sp³-hybridized carbons (Fsp3) is 0.385. The van der Waals surface area contributed by atoms with Crippen LogP contribution < -0.4 is 14.2 Å². The van der Waals surface area contributed by atoms with Crippen LogP contribution >= 0.6 is 11.6 Å². The van der Waals surface area contributed by atoms with Crippen LogP contribution in [0.1, 0.15) is 30.5 Å². The molecule has 1 aliphatic heterocycles. The monoisotopic (exact) mass is 502 g/mol. The Morgan fingerprint density at radius 2 is 1.74 bits per heavy atom. The number of halogens is 1. The molecule has 35 heavy (non-hydrogen) atoms. The third kappa shape index (κ3) is 5.55. The van der Waals surface area contributed by atoms with Gasteiger partial charge in [0.25, 0.3) is 11.7 Å². The first-order valence-electron chi connectivity index (χ1n) is 11.3. The smallest absolute Gasteiger partial charge is 0.295 e. The van der Waals surface area contributed by atoms with E-state index in [1.54, 1.807) is 24.3 Å². The number of carbonyl (C=O) groups excluding carboxylic acids is 2. The summed E-state index contributed by atoms with van der Waals surface area (Å²) in [7, 11) is 6.78. The van der Waals surface area contributed by atoms with E-state index < -0.39 is 17.7 Å². The minimum absolute atomic E-state index is 0.0245. The Morgan fingerprint density at radius 1 is 1.09 bits per heavy atom. The van der Waals surface area contributed by atoms with Gasteiger partial charge in [-0.1, -0.05) is 23.7 Å². The number of likely N-dealkylation sites (tertiary alicyclic amines) is 1. The van der Waals surface area contributed by atoms with E-state index in [9.17, 15) is 14.7 Å². The molecular formula is C26H31ClN2O6. The van der Waals surface area contributed by atoms with E-state index in [-0.39, 0.29) is 27.7 Å². The lowest BCUT2D eigenvalue weighted by atomic mass is 9.94. The second-order valence-electron chi connectivity index (χ2n) is 8.34. The second-order valence-corrected chi connectivity index (χ2v) is 8.75. The summed E-state index contributed by atoms with van der Waals surface area (Å²) in [6.07, 6.45) is 0.658. The van der Waals surface area contributed by atoms with Crippen LogP contribution in [-0.2, 0) is 9.59 Å². The predicted octanol–water partition coefficient (Wildman–Crippen LogP) is 4.13. The first-order chi connectivity index (χ1) is 16.7. The highest BCUT2D eigenvalue weighted by atomic mass is 35.5. The van der Waals surface area contributed by atoms with E-state index in [2.05, 4.69) is 0 Å². The second kappa shape index (κ2) is 11.5. The lowest BCUT2D eigenvalue weighted by molar-refractivity contribution is -0.139. The topological polar surface area (TPSA) is 88.5 Å². The van der Waals surface area contributed by atoms with Crippen LogP contribution in [0.5, 0.6) is 17.2 Å². The van der Waals surface area contributed by atoms with Crippen LogP contribution in [0.3, 0.4) is 0 Å². The van der Waals surface area contributed by atoms with Crippen molar-refractivity contribution in [2.75, 3.05) is 48.0 Å². The molecule has 0 saturated carbocycles. The molecule has 9 heteroatoms. The molecule has 1 unspecified atom stereocenters. The predicted molar refractivity (Wildman–Crippen MR) is 134 cm³/mol. The van der Waals surface area contributed by atoms with E-state index in [4.69, 9.17) is 25.8 Å². The Bertz CT molecular complexity index is 1110. The molecular weight excluding hydrogens is 472 g/mol. The van der Waals surface area contributed by atoms with Gasteiger partial charge in [-0.25, -0.2) is 0 Å². The van der Waals surface area contributed by atoms with Crippen LogP contribution in [0.2, 0.25) is 5.02 Å². The molecule has 0 spiro atoms. The standard InChI is InChI=1S/C26H31ClN2O6/c1-6-35-17-10-8-16(9-11-17)23-22(25(31)26(32)29(23)13-7-12-28(2)3)24(30)18-14-19(27)21(34-5)15-20(18)33-4/h8-11,14-15,23,30H,6-7,12-13H2,1-5H3/b24-22+. The van der Waals surface area contributed by atoms with Gasteiger partial charge in [0.2, 0.25) is 0 Å². The number of Topliss-reactive ketones (excluding diaryl/α,β-unsaturated/α-hetero) is 1. The van der Waals surface area contributed by atoms with Gasteiger partial charge in [-0.2, -0.15) is 0 Å². The third-order valence-corrected chi connectivity index (χ3v) is 6.08. The van der Waals surface area contributed by atoms with E-state index in [0.29, 0.717) is 36.6 Å². The van der Waals surface area contributed by atoms with Gasteiger partial charge in [-0.15, -0.1) is 0 Å². The van der Waals surface area contributed by atoms with E-state index in [1.165, 1.54) is 31.3 Å². The molecule has 0 aliphatic carbocycles. The van der Waals surface area contributed by atoms with Gasteiger partial charge in [0.05, 0.1) is 43.0 Å². The quantitative estimate of drug-likeness (QED) is 0.297. The molecule has 1 fully saturated rings. The summed E-state index contributed by atoms with van der Waals surface area (Å²) in [5, 5.41) is 11.6. The normalized spacial score (nSPS) is 17.2. The van der Waals surface area contributed by atoms with E-state index >= 15 is 0 Å². The largest absolute Gasteiger partial charge is 0.507 e. The molecule has 3 rings (SSSR count). The van der Waals surface area contributed by atoms with Crippen molar-refractivity contribution >= 4 is 29.1 Å². The van der Waals surface area contributed by atoms with Gasteiger partial charge in [0, 0.05) is 12.6 Å². The Labute approximate surface area is 210 Å². The summed E-state index contributed by atoms with van der Waals surface area (Å²) in [6.45, 7) is 3.49. The van der Waals surface area contributed by atoms with Gasteiger partial charge < -0.3 is 29.1 Å². The number of aliphatic hydroxyl groups is 1. The van der Waals surface area contributed by atoms with Crippen molar-refractivity contribution in [2.45, 2.75) is 19.4 Å². The number of benzene rings is 2. The van der Waals surface area contributed by atoms with Gasteiger partial charge in [-0.3, -0.25) is 9.59 Å². The third-order valence-electron chi connectivity index (χ3n) is 5.78. The van der Waals surface area contributed by atoms with Gasteiger partial charge in [-0.05, 0) is 57.7 Å². The molecule has 188 valence electrons. The SMILES string of the molecule is CCOc1ccc(C2/C(=C(\O)c3cc(Cl)c(OC)cc3OC)C(=O)C(=O)N2CCCN(C)C)cc1. The van der Waals surface area contributed by atoms with Gasteiger partial charge in [0.15, 0.2) is 0 Å². The van der Waals surface area contributed by atoms with Crippen molar-refractivity contribution in [1.29, 1.82) is 0 Å². The first kappa shape index (κ1) is 26.4. The molecule has 2 aromatic rings. The fourth-order valence-electron chi connectivity index (χ4n) is 4.12. The molecule has 1 atom stereocenters. The molecule has 1 heterocycles. The van der Waals surface area contributed by atoms with Crippen LogP contribution in [0.15, 0.2) is 42.0 Å². The van der Waals surface area contributed by atoms with Crippen molar-refractivity contribution < 1.29 is 28.9 Å². The summed E-state index contributed by atoms with van der Waals surface area (Å²) in [5.41, 5.74) is 0.849. The lowest BCUT2D eigenvalue weighted by Crippen LogP contribution is -2.32. The molecule has 1 amide bonds. The number of hydrogen-bond donors (Lipinski definition) is 1. The number of nitrogens with zero attached hydrogens (tertiary/aromatic N) is 2. The number of hydrogen-bond acceptors (Lipinski definition) is 7. The first-order valence-corrected chi connectivity index (χ1v) is 11.7. The Kier molecular flexibility index (Phi) is 8.64. The zero-order chi connectivity index (χ0) is 25.7. The highest BCUT2D eigenvalue weighted by molar-refractivity contribution is 6.46. The zero-order valence-electron chi connectivity index (χ0n) is 20.6. The summed E-state index contributed by atoms with van der Waals surface area (Å²) in [6, 6.07) is 9.36. The Hall–Kier alpha value is -3.23. The summed E-state index contributed by atoms with van der Waals surface area (Å²) >= 11 is 6.31. The van der Waals surface area contributed by atoms with Gasteiger partial charge in [0.1, 0.15) is 23.0 Å². The van der Waals surface area contributed by atoms with Crippen molar-refractivity contribution in [1.82, 2.24) is 9.80 Å². The molecule has 0 radical (unpaired) electrons. The maximum atomic E-state index is 13.2. The van der Waals surface area contributed by atoms with Crippen molar-refractivity contribution in [3.8, 4) is 17.2 Å². The Morgan fingerprint density at radius 3 is 2.31 bits per heavy atom. The average molecular weight is 503 g/mol. The number of carbonyl (C=O) groups is 2. The van der Waals surface area contributed by atoms with Crippen molar-refractivity contribution in [3.63, 3.8) is 0 Å². The Balaban J connectivity index is 2.16. The molecule has 1 saturated heterocycles. The molecule has 8 nitrogen and oxygen atoms in total. The minimum atomic E-state index is -0.779. The highest BCUT2D eigenvalue weighted by Crippen LogP contribution is 2.43. The molecule has 1 aliphatic rings. The summed E-state index contributed by atoms with van der Waals surface area (Å²) in [4.78, 5) is 29.9. The number of rotatable bonds is 10. The van der Waals surface area contributed by atoms with Crippen LogP contribution in [0, 0.1) is 0 Å². The number of aliphatic hydroxyl groups excluding tert-OH is 1. The number of amides is 1. The van der Waals surface area contributed by atoms with Crippen molar-refractivity contribution in [2.24, 2.45) is 0 Å². The molecule has 1 N–H and O–H groups in total. The minimum Gasteiger partial charge on any atom is -0.507 e. The van der Waals surface area contributed by atoms with E-state index in [1.807, 2.05) is 25.9 Å². The lowest BCUT2D eigenvalue weighted by Gasteiger charge is -2.26. The maximum absolute atomic E-state index is 13.2. The van der Waals surface area contributed by atoms with Crippen LogP contribution in [0.25, 0.3) is 5.76 Å². The molecule has 2 aromatic carbocycles. The maximum Gasteiger partial charge on any atom is 0.295 e. The summed E-state index contributed by atoms with van der Waals surface area (Å²) < 4.78 is 16.2.